The average Bonchev–Trinajstić information content (AvgIpc) is 2.88. The molecule has 2 aromatic rings. The fourth-order valence-corrected chi connectivity index (χ4v) is 2.24. The molecule has 1 N–H and O–H groups in total. The molecule has 0 unspecified atom stereocenters. The van der Waals surface area contributed by atoms with Crippen molar-refractivity contribution in [2.75, 3.05) is 13.1 Å². The third-order valence-electron chi connectivity index (χ3n) is 3.07. The topological polar surface area (TPSA) is 44.8 Å². The molecule has 0 fully saturated rings. The zero-order valence-electron chi connectivity index (χ0n) is 12.1. The molecule has 0 aliphatic carbocycles. The van der Waals surface area contributed by atoms with E-state index in [1.54, 1.807) is 6.07 Å². The highest BCUT2D eigenvalue weighted by molar-refractivity contribution is 5.54. The van der Waals surface area contributed by atoms with Crippen molar-refractivity contribution in [2.24, 2.45) is 0 Å². The minimum atomic E-state index is -0.271. The van der Waals surface area contributed by atoms with Gasteiger partial charge in [-0.2, -0.15) is 5.10 Å². The highest BCUT2D eigenvalue weighted by atomic mass is 19.1. The van der Waals surface area contributed by atoms with Crippen LogP contribution in [0.4, 0.5) is 4.39 Å². The van der Waals surface area contributed by atoms with Crippen molar-refractivity contribution in [1.29, 1.82) is 0 Å². The SMILES string of the molecule is CCCN(CCC)Cc1nc(-c2cccc(F)c2)n[nH]1. The summed E-state index contributed by atoms with van der Waals surface area (Å²) in [6.07, 6.45) is 2.23. The van der Waals surface area contributed by atoms with E-state index in [9.17, 15) is 4.39 Å². The van der Waals surface area contributed by atoms with Crippen molar-refractivity contribution < 1.29 is 4.39 Å². The molecule has 0 saturated heterocycles. The maximum absolute atomic E-state index is 13.2. The van der Waals surface area contributed by atoms with Crippen LogP contribution in [0.25, 0.3) is 11.4 Å². The van der Waals surface area contributed by atoms with Crippen LogP contribution < -0.4 is 0 Å². The summed E-state index contributed by atoms with van der Waals surface area (Å²) in [7, 11) is 0. The number of H-pyrrole nitrogens is 1. The van der Waals surface area contributed by atoms with Crippen molar-refractivity contribution in [3.8, 4) is 11.4 Å². The fraction of sp³-hybridized carbons (Fsp3) is 0.467. The third kappa shape index (κ3) is 3.87. The molecule has 2 rings (SSSR count). The number of aromatic amines is 1. The molecule has 1 aromatic heterocycles. The second-order valence-corrected chi connectivity index (χ2v) is 4.89. The fourth-order valence-electron chi connectivity index (χ4n) is 2.24. The summed E-state index contributed by atoms with van der Waals surface area (Å²) < 4.78 is 13.2. The van der Waals surface area contributed by atoms with E-state index < -0.39 is 0 Å². The highest BCUT2D eigenvalue weighted by Crippen LogP contribution is 2.16. The molecule has 0 bridgehead atoms. The number of nitrogens with zero attached hydrogens (tertiary/aromatic N) is 3. The van der Waals surface area contributed by atoms with E-state index in [0.29, 0.717) is 11.4 Å². The van der Waals surface area contributed by atoms with Crippen LogP contribution in [-0.2, 0) is 6.54 Å². The van der Waals surface area contributed by atoms with Crippen LogP contribution in [0.1, 0.15) is 32.5 Å². The molecule has 1 heterocycles. The van der Waals surface area contributed by atoms with Gasteiger partial charge in [-0.3, -0.25) is 10.00 Å². The molecule has 1 aromatic carbocycles. The van der Waals surface area contributed by atoms with Gasteiger partial charge in [0.15, 0.2) is 5.82 Å². The summed E-state index contributed by atoms with van der Waals surface area (Å²) in [5.41, 5.74) is 0.699. The van der Waals surface area contributed by atoms with Crippen LogP contribution in [-0.4, -0.2) is 33.2 Å². The summed E-state index contributed by atoms with van der Waals surface area (Å²) in [5.74, 6) is 1.10. The Balaban J connectivity index is 2.08. The number of aromatic nitrogens is 3. The minimum absolute atomic E-state index is 0.271. The maximum atomic E-state index is 13.2. The van der Waals surface area contributed by atoms with E-state index in [1.165, 1.54) is 12.1 Å². The largest absolute Gasteiger partial charge is 0.296 e. The van der Waals surface area contributed by atoms with E-state index in [0.717, 1.165) is 38.3 Å². The average molecular weight is 276 g/mol. The van der Waals surface area contributed by atoms with E-state index in [2.05, 4.69) is 33.9 Å². The minimum Gasteiger partial charge on any atom is -0.296 e. The van der Waals surface area contributed by atoms with Crippen molar-refractivity contribution in [3.05, 3.63) is 35.9 Å². The Hall–Kier alpha value is -1.75. The molecule has 0 aliphatic heterocycles. The lowest BCUT2D eigenvalue weighted by Gasteiger charge is -2.18. The lowest BCUT2D eigenvalue weighted by molar-refractivity contribution is 0.260. The third-order valence-corrected chi connectivity index (χ3v) is 3.07. The molecule has 108 valence electrons. The molecule has 0 atom stereocenters. The van der Waals surface area contributed by atoms with Crippen molar-refractivity contribution in [3.63, 3.8) is 0 Å². The molecule has 0 aliphatic rings. The second-order valence-electron chi connectivity index (χ2n) is 4.89. The van der Waals surface area contributed by atoms with Gasteiger partial charge >= 0.3 is 0 Å². The Kier molecular flexibility index (Phi) is 5.24. The summed E-state index contributed by atoms with van der Waals surface area (Å²) in [5, 5.41) is 7.12. The summed E-state index contributed by atoms with van der Waals surface area (Å²) >= 11 is 0. The molecule has 20 heavy (non-hydrogen) atoms. The van der Waals surface area contributed by atoms with Crippen LogP contribution in [0.5, 0.6) is 0 Å². The van der Waals surface area contributed by atoms with Crippen LogP contribution in [0, 0.1) is 5.82 Å². The highest BCUT2D eigenvalue weighted by Gasteiger charge is 2.10. The normalized spacial score (nSPS) is 11.2. The first kappa shape index (κ1) is 14.7. The van der Waals surface area contributed by atoms with Crippen LogP contribution in [0.3, 0.4) is 0 Å². The van der Waals surface area contributed by atoms with Gasteiger partial charge in [-0.1, -0.05) is 26.0 Å². The van der Waals surface area contributed by atoms with Gasteiger partial charge in [0.1, 0.15) is 11.6 Å². The lowest BCUT2D eigenvalue weighted by atomic mass is 10.2. The van der Waals surface area contributed by atoms with E-state index in [-0.39, 0.29) is 5.82 Å². The quantitative estimate of drug-likeness (QED) is 0.844. The Morgan fingerprint density at radius 3 is 2.60 bits per heavy atom. The lowest BCUT2D eigenvalue weighted by Crippen LogP contribution is -2.25. The zero-order valence-corrected chi connectivity index (χ0v) is 12.1. The Bertz CT molecular complexity index is 532. The molecule has 0 radical (unpaired) electrons. The first-order valence-electron chi connectivity index (χ1n) is 7.12. The molecule has 0 amide bonds. The smallest absolute Gasteiger partial charge is 0.181 e. The summed E-state index contributed by atoms with van der Waals surface area (Å²) in [4.78, 5) is 6.79. The predicted octanol–water partition coefficient (Wildman–Crippen LogP) is 3.23. The van der Waals surface area contributed by atoms with Crippen LogP contribution in [0.15, 0.2) is 24.3 Å². The molecular weight excluding hydrogens is 255 g/mol. The number of hydrogen-bond acceptors (Lipinski definition) is 3. The van der Waals surface area contributed by atoms with Gasteiger partial charge in [0.2, 0.25) is 0 Å². The predicted molar refractivity (Wildman–Crippen MR) is 77.6 cm³/mol. The molecular formula is C15H21FN4. The zero-order chi connectivity index (χ0) is 14.4. The molecule has 0 spiro atoms. The standard InChI is InChI=1S/C15H21FN4/c1-3-8-20(9-4-2)11-14-17-15(19-18-14)12-6-5-7-13(16)10-12/h5-7,10H,3-4,8-9,11H2,1-2H3,(H,17,18,19). The molecule has 0 saturated carbocycles. The first-order chi connectivity index (χ1) is 9.72. The van der Waals surface area contributed by atoms with Crippen molar-refractivity contribution in [1.82, 2.24) is 20.1 Å². The van der Waals surface area contributed by atoms with Gasteiger partial charge in [-0.15, -0.1) is 0 Å². The monoisotopic (exact) mass is 276 g/mol. The van der Waals surface area contributed by atoms with Gasteiger partial charge in [0.05, 0.1) is 6.54 Å². The van der Waals surface area contributed by atoms with Crippen LogP contribution in [0.2, 0.25) is 0 Å². The molecule has 4 nitrogen and oxygen atoms in total. The van der Waals surface area contributed by atoms with Crippen molar-refractivity contribution >= 4 is 0 Å². The van der Waals surface area contributed by atoms with Gasteiger partial charge in [-0.25, -0.2) is 9.37 Å². The number of nitrogens with one attached hydrogen (secondary N) is 1. The number of rotatable bonds is 7. The number of halogens is 1. The van der Waals surface area contributed by atoms with Gasteiger partial charge in [-0.05, 0) is 38.1 Å². The Morgan fingerprint density at radius 2 is 1.95 bits per heavy atom. The summed E-state index contributed by atoms with van der Waals surface area (Å²) in [6, 6.07) is 6.34. The van der Waals surface area contributed by atoms with Gasteiger partial charge in [0.25, 0.3) is 0 Å². The van der Waals surface area contributed by atoms with Crippen LogP contribution >= 0.6 is 0 Å². The maximum Gasteiger partial charge on any atom is 0.181 e. The van der Waals surface area contributed by atoms with E-state index in [4.69, 9.17) is 0 Å². The van der Waals surface area contributed by atoms with E-state index >= 15 is 0 Å². The van der Waals surface area contributed by atoms with E-state index in [1.807, 2.05) is 6.07 Å². The Morgan fingerprint density at radius 1 is 1.20 bits per heavy atom. The Labute approximate surface area is 119 Å². The second kappa shape index (κ2) is 7.14. The molecule has 5 heteroatoms. The van der Waals surface area contributed by atoms with Gasteiger partial charge in [0, 0.05) is 5.56 Å². The number of benzene rings is 1. The van der Waals surface area contributed by atoms with Gasteiger partial charge < -0.3 is 0 Å². The van der Waals surface area contributed by atoms with Crippen molar-refractivity contribution in [2.45, 2.75) is 33.2 Å². The number of hydrogen-bond donors (Lipinski definition) is 1. The summed E-state index contributed by atoms with van der Waals surface area (Å²) in [6.45, 7) is 7.18. The first-order valence-corrected chi connectivity index (χ1v) is 7.12.